The largest absolute Gasteiger partial charge is 0.248 e. The van der Waals surface area contributed by atoms with Crippen LogP contribution in [0.15, 0.2) is 0 Å². The fourth-order valence-corrected chi connectivity index (χ4v) is 1.35. The van der Waals surface area contributed by atoms with Crippen molar-refractivity contribution in [2.24, 2.45) is 0 Å². The Morgan fingerprint density at radius 3 is 2.15 bits per heavy atom. The van der Waals surface area contributed by atoms with Gasteiger partial charge in [-0.1, -0.05) is 38.0 Å². The molecule has 0 nitrogen and oxygen atoms in total. The molecule has 0 aliphatic carbocycles. The zero-order valence-corrected chi connectivity index (χ0v) is 8.61. The van der Waals surface area contributed by atoms with Crippen molar-refractivity contribution in [1.29, 1.82) is 0 Å². The van der Waals surface area contributed by atoms with Crippen LogP contribution in [0.1, 0.15) is 58.3 Å². The highest BCUT2D eigenvalue weighted by Gasteiger charge is 1.96. The van der Waals surface area contributed by atoms with E-state index in [0.29, 0.717) is 6.42 Å². The van der Waals surface area contributed by atoms with Crippen LogP contribution in [0.3, 0.4) is 0 Å². The highest BCUT2D eigenvalue weighted by atomic mass is 19.1. The van der Waals surface area contributed by atoms with Gasteiger partial charge in [-0.2, -0.15) is 0 Å². The van der Waals surface area contributed by atoms with Crippen LogP contribution in [0.2, 0.25) is 0 Å². The van der Waals surface area contributed by atoms with Crippen LogP contribution < -0.4 is 0 Å². The Morgan fingerprint density at radius 2 is 1.62 bits per heavy atom. The minimum atomic E-state index is -0.632. The fourth-order valence-electron chi connectivity index (χ4n) is 1.35. The average Bonchev–Trinajstić information content (AvgIpc) is 2.09. The van der Waals surface area contributed by atoms with Gasteiger partial charge < -0.3 is 0 Å². The number of hydrogen-bond acceptors (Lipinski definition) is 0. The monoisotopic (exact) mass is 183 g/mol. The molecule has 0 saturated carbocycles. The van der Waals surface area contributed by atoms with Gasteiger partial charge in [0, 0.05) is 6.42 Å². The standard InChI is InChI=1S/C12H20F/c1-3-4-5-6-7-8-9-10-11-12(2)13/h12H,4-11H2,2H3. The van der Waals surface area contributed by atoms with Gasteiger partial charge in [-0.05, 0) is 26.2 Å². The minimum Gasteiger partial charge on any atom is -0.248 e. The molecule has 0 saturated heterocycles. The lowest BCUT2D eigenvalue weighted by atomic mass is 10.1. The summed E-state index contributed by atoms with van der Waals surface area (Å²) in [6.45, 7) is 1.62. The summed E-state index contributed by atoms with van der Waals surface area (Å²) in [5.41, 5.74) is 0. The van der Waals surface area contributed by atoms with E-state index >= 15 is 0 Å². The van der Waals surface area contributed by atoms with Crippen LogP contribution in [0.25, 0.3) is 0 Å². The molecule has 0 bridgehead atoms. The fraction of sp³-hybridized carbons (Fsp3) is 0.833. The van der Waals surface area contributed by atoms with E-state index in [0.717, 1.165) is 25.7 Å². The highest BCUT2D eigenvalue weighted by Crippen LogP contribution is 2.10. The molecule has 0 aliphatic rings. The Labute approximate surface area is 81.9 Å². The summed E-state index contributed by atoms with van der Waals surface area (Å²) in [7, 11) is 0. The van der Waals surface area contributed by atoms with Crippen molar-refractivity contribution in [3.05, 3.63) is 6.42 Å². The van der Waals surface area contributed by atoms with Gasteiger partial charge in [0.2, 0.25) is 0 Å². The second kappa shape index (κ2) is 9.58. The SMILES string of the molecule is [C]#CCCCCCCCCC(C)F. The van der Waals surface area contributed by atoms with Gasteiger partial charge in [-0.3, -0.25) is 0 Å². The van der Waals surface area contributed by atoms with Gasteiger partial charge in [0.1, 0.15) is 0 Å². The van der Waals surface area contributed by atoms with E-state index in [1.165, 1.54) is 19.3 Å². The van der Waals surface area contributed by atoms with Gasteiger partial charge in [-0.25, -0.2) is 4.39 Å². The lowest BCUT2D eigenvalue weighted by Gasteiger charge is -2.01. The molecule has 0 aromatic heterocycles. The lowest BCUT2D eigenvalue weighted by Crippen LogP contribution is -1.91. The molecule has 0 heterocycles. The molecule has 75 valence electrons. The maximum Gasteiger partial charge on any atom is 0.0973 e. The Kier molecular flexibility index (Phi) is 9.20. The molecule has 0 fully saturated rings. The predicted molar refractivity (Wildman–Crippen MR) is 54.6 cm³/mol. The minimum absolute atomic E-state index is 0.632. The van der Waals surface area contributed by atoms with Crippen LogP contribution >= 0.6 is 0 Å². The molecule has 1 heteroatoms. The zero-order chi connectivity index (χ0) is 9.94. The van der Waals surface area contributed by atoms with E-state index < -0.39 is 6.17 Å². The lowest BCUT2D eigenvalue weighted by molar-refractivity contribution is 0.329. The summed E-state index contributed by atoms with van der Waals surface area (Å²) in [6, 6.07) is 0. The zero-order valence-electron chi connectivity index (χ0n) is 8.61. The number of halogens is 1. The number of hydrogen-bond donors (Lipinski definition) is 0. The van der Waals surface area contributed by atoms with Gasteiger partial charge in [0.15, 0.2) is 0 Å². The maximum atomic E-state index is 12.3. The summed E-state index contributed by atoms with van der Waals surface area (Å²) in [4.78, 5) is 0. The van der Waals surface area contributed by atoms with E-state index in [1.807, 2.05) is 0 Å². The summed E-state index contributed by atoms with van der Waals surface area (Å²) >= 11 is 0. The normalized spacial score (nSPS) is 12.4. The smallest absolute Gasteiger partial charge is 0.0973 e. The van der Waals surface area contributed by atoms with Crippen molar-refractivity contribution in [2.45, 2.75) is 64.5 Å². The predicted octanol–water partition coefficient (Wildman–Crippen LogP) is 4.05. The Hall–Kier alpha value is -0.510. The first kappa shape index (κ1) is 12.5. The highest BCUT2D eigenvalue weighted by molar-refractivity contribution is 4.74. The molecule has 1 unspecified atom stereocenters. The van der Waals surface area contributed by atoms with E-state index in [1.54, 1.807) is 6.92 Å². The molecule has 0 spiro atoms. The van der Waals surface area contributed by atoms with Gasteiger partial charge in [0.05, 0.1) is 6.17 Å². The van der Waals surface area contributed by atoms with Crippen molar-refractivity contribution in [3.8, 4) is 5.92 Å². The molecule has 13 heavy (non-hydrogen) atoms. The van der Waals surface area contributed by atoms with Crippen molar-refractivity contribution >= 4 is 0 Å². The van der Waals surface area contributed by atoms with Crippen LogP contribution in [0.4, 0.5) is 4.39 Å². The van der Waals surface area contributed by atoms with Crippen molar-refractivity contribution in [2.75, 3.05) is 0 Å². The Morgan fingerprint density at radius 1 is 1.08 bits per heavy atom. The van der Waals surface area contributed by atoms with E-state index in [4.69, 9.17) is 6.42 Å². The molecule has 0 aromatic carbocycles. The molecule has 0 aromatic rings. The van der Waals surface area contributed by atoms with Crippen molar-refractivity contribution in [1.82, 2.24) is 0 Å². The molecular weight excluding hydrogens is 163 g/mol. The van der Waals surface area contributed by atoms with E-state index in [-0.39, 0.29) is 0 Å². The number of rotatable bonds is 8. The summed E-state index contributed by atoms with van der Waals surface area (Å²) in [5, 5.41) is 0. The molecule has 0 aliphatic heterocycles. The van der Waals surface area contributed by atoms with Crippen molar-refractivity contribution < 1.29 is 4.39 Å². The molecule has 0 amide bonds. The molecule has 0 rings (SSSR count). The first-order valence-corrected chi connectivity index (χ1v) is 5.31. The summed E-state index contributed by atoms with van der Waals surface area (Å²) < 4.78 is 12.3. The van der Waals surface area contributed by atoms with E-state index in [9.17, 15) is 4.39 Å². The third kappa shape index (κ3) is 11.5. The second-order valence-electron chi connectivity index (χ2n) is 3.62. The molecule has 1 radical (unpaired) electrons. The third-order valence-corrected chi connectivity index (χ3v) is 2.15. The molecular formula is C12H20F. The second-order valence-corrected chi connectivity index (χ2v) is 3.62. The molecule has 0 N–H and O–H groups in total. The van der Waals surface area contributed by atoms with E-state index in [2.05, 4.69) is 5.92 Å². The Balaban J connectivity index is 2.88. The van der Waals surface area contributed by atoms with Crippen LogP contribution in [-0.4, -0.2) is 6.17 Å². The average molecular weight is 183 g/mol. The number of unbranched alkanes of at least 4 members (excludes halogenated alkanes) is 6. The third-order valence-electron chi connectivity index (χ3n) is 2.15. The topological polar surface area (TPSA) is 0 Å². The Bertz CT molecular complexity index is 133. The van der Waals surface area contributed by atoms with Gasteiger partial charge in [-0.15, -0.1) is 0 Å². The van der Waals surface area contributed by atoms with Crippen LogP contribution in [0.5, 0.6) is 0 Å². The quantitative estimate of drug-likeness (QED) is 0.393. The summed E-state index contributed by atoms with van der Waals surface area (Å²) in [6.07, 6.45) is 14.5. The maximum absolute atomic E-state index is 12.3. The number of alkyl halides is 1. The first-order chi connectivity index (χ1) is 6.27. The van der Waals surface area contributed by atoms with Gasteiger partial charge >= 0.3 is 0 Å². The van der Waals surface area contributed by atoms with Crippen LogP contribution in [0, 0.1) is 12.3 Å². The van der Waals surface area contributed by atoms with Crippen molar-refractivity contribution in [3.63, 3.8) is 0 Å². The summed E-state index contributed by atoms with van der Waals surface area (Å²) in [5.74, 6) is 2.39. The van der Waals surface area contributed by atoms with Crippen LogP contribution in [-0.2, 0) is 0 Å². The first-order valence-electron chi connectivity index (χ1n) is 5.31. The molecule has 1 atom stereocenters. The van der Waals surface area contributed by atoms with Gasteiger partial charge in [0.25, 0.3) is 0 Å².